The van der Waals surface area contributed by atoms with Gasteiger partial charge in [0.2, 0.25) is 5.91 Å². The van der Waals surface area contributed by atoms with Gasteiger partial charge in [-0.3, -0.25) is 4.79 Å². The molecule has 21 heavy (non-hydrogen) atoms. The smallest absolute Gasteiger partial charge is 0.241 e. The van der Waals surface area contributed by atoms with Crippen LogP contribution in [0.5, 0.6) is 0 Å². The number of carbonyl (C=O) groups is 1. The summed E-state index contributed by atoms with van der Waals surface area (Å²) >= 11 is 0. The molecule has 1 aliphatic heterocycles. The molecule has 3 rings (SSSR count). The highest BCUT2D eigenvalue weighted by atomic mass is 16.5. The minimum atomic E-state index is -0.867. The zero-order valence-electron chi connectivity index (χ0n) is 12.8. The van der Waals surface area contributed by atoms with Gasteiger partial charge in [-0.2, -0.15) is 0 Å². The maximum atomic E-state index is 12.8. The highest BCUT2D eigenvalue weighted by Gasteiger charge is 2.71. The first-order valence-electron chi connectivity index (χ1n) is 7.63. The normalized spacial score (nSPS) is 34.9. The van der Waals surface area contributed by atoms with Crippen LogP contribution in [0.25, 0.3) is 0 Å². The lowest BCUT2D eigenvalue weighted by Gasteiger charge is -2.60. The van der Waals surface area contributed by atoms with Crippen LogP contribution in [0, 0.1) is 11.3 Å². The van der Waals surface area contributed by atoms with Crippen molar-refractivity contribution < 1.29 is 9.53 Å². The lowest BCUT2D eigenvalue weighted by atomic mass is 9.48. The molecular formula is C15H24N4O2. The van der Waals surface area contributed by atoms with E-state index in [-0.39, 0.29) is 29.4 Å². The van der Waals surface area contributed by atoms with Crippen LogP contribution >= 0.6 is 0 Å². The summed E-state index contributed by atoms with van der Waals surface area (Å²) in [4.78, 5) is 20.1. The third kappa shape index (κ3) is 1.85. The molecule has 2 aliphatic rings. The van der Waals surface area contributed by atoms with Gasteiger partial charge in [0.05, 0.1) is 12.1 Å². The molecule has 6 heteroatoms. The van der Waals surface area contributed by atoms with Crippen LogP contribution < -0.4 is 11.1 Å². The molecule has 1 aromatic rings. The first-order chi connectivity index (χ1) is 9.92. The Morgan fingerprint density at radius 1 is 1.67 bits per heavy atom. The Morgan fingerprint density at radius 3 is 3.05 bits per heavy atom. The number of aromatic amines is 1. The number of H-pyrrole nitrogens is 1. The second-order valence-electron chi connectivity index (χ2n) is 6.69. The molecule has 2 heterocycles. The molecule has 116 valence electrons. The summed E-state index contributed by atoms with van der Waals surface area (Å²) < 4.78 is 5.74. The van der Waals surface area contributed by atoms with Gasteiger partial charge < -0.3 is 20.8 Å². The van der Waals surface area contributed by atoms with Gasteiger partial charge in [-0.05, 0) is 12.8 Å². The largest absolute Gasteiger partial charge is 0.377 e. The molecule has 1 saturated carbocycles. The first-order valence-corrected chi connectivity index (χ1v) is 7.63. The van der Waals surface area contributed by atoms with Crippen molar-refractivity contribution in [3.63, 3.8) is 0 Å². The number of imidazole rings is 1. The molecule has 4 N–H and O–H groups in total. The number of amides is 1. The fraction of sp³-hybridized carbons (Fsp3) is 0.733. The fourth-order valence-electron chi connectivity index (χ4n) is 3.95. The van der Waals surface area contributed by atoms with Crippen LogP contribution in [0.1, 0.15) is 45.5 Å². The molecule has 1 saturated heterocycles. The Hall–Kier alpha value is -1.40. The number of hydrogen-bond acceptors (Lipinski definition) is 4. The van der Waals surface area contributed by atoms with E-state index >= 15 is 0 Å². The van der Waals surface area contributed by atoms with Crippen molar-refractivity contribution in [3.8, 4) is 0 Å². The number of fused-ring (bicyclic) bond motifs is 1. The molecule has 1 amide bonds. The fourth-order valence-corrected chi connectivity index (χ4v) is 3.95. The van der Waals surface area contributed by atoms with Crippen molar-refractivity contribution in [1.82, 2.24) is 15.3 Å². The molecule has 6 nitrogen and oxygen atoms in total. The number of carbonyl (C=O) groups excluding carboxylic acids is 1. The second-order valence-corrected chi connectivity index (χ2v) is 6.69. The van der Waals surface area contributed by atoms with Crippen molar-refractivity contribution in [1.29, 1.82) is 0 Å². The summed E-state index contributed by atoms with van der Waals surface area (Å²) in [6.45, 7) is 6.75. The number of nitrogens with one attached hydrogen (secondary N) is 2. The monoisotopic (exact) mass is 292 g/mol. The van der Waals surface area contributed by atoms with E-state index in [1.165, 1.54) is 0 Å². The van der Waals surface area contributed by atoms with E-state index in [1.807, 2.05) is 20.8 Å². The molecule has 0 bridgehead atoms. The predicted molar refractivity (Wildman–Crippen MR) is 78.3 cm³/mol. The van der Waals surface area contributed by atoms with Crippen LogP contribution in [0.2, 0.25) is 0 Å². The molecule has 1 aliphatic carbocycles. The van der Waals surface area contributed by atoms with Crippen molar-refractivity contribution >= 4 is 5.91 Å². The van der Waals surface area contributed by atoms with Crippen molar-refractivity contribution in [2.75, 3.05) is 6.61 Å². The summed E-state index contributed by atoms with van der Waals surface area (Å²) in [5.74, 6) is 0.787. The molecule has 4 atom stereocenters. The summed E-state index contributed by atoms with van der Waals surface area (Å²) in [6, 6.07) is -0.134. The van der Waals surface area contributed by atoms with Gasteiger partial charge in [-0.15, -0.1) is 0 Å². The number of nitrogens with zero attached hydrogens (tertiary/aromatic N) is 1. The average molecular weight is 292 g/mol. The standard InChI is InChI=1S/C15H24N4O2/c1-4-10(12-17-6-7-18-12)19-13(20)15(16)9-5-8-21-11(9)14(15,2)3/h6-7,9-11H,4-5,8,16H2,1-3H3,(H,17,18)(H,19,20). The topological polar surface area (TPSA) is 93.0 Å². The van der Waals surface area contributed by atoms with E-state index in [9.17, 15) is 4.79 Å². The van der Waals surface area contributed by atoms with Gasteiger partial charge in [0.1, 0.15) is 11.4 Å². The molecule has 0 spiro atoms. The van der Waals surface area contributed by atoms with Gasteiger partial charge in [0, 0.05) is 30.3 Å². The Balaban J connectivity index is 1.78. The van der Waals surface area contributed by atoms with Crippen LogP contribution in [-0.2, 0) is 9.53 Å². The van der Waals surface area contributed by atoms with Crippen molar-refractivity contribution in [2.45, 2.75) is 51.3 Å². The van der Waals surface area contributed by atoms with Crippen LogP contribution in [0.4, 0.5) is 0 Å². The zero-order valence-corrected chi connectivity index (χ0v) is 12.8. The highest BCUT2D eigenvalue weighted by molar-refractivity contribution is 5.89. The number of nitrogens with two attached hydrogens (primary N) is 1. The summed E-state index contributed by atoms with van der Waals surface area (Å²) in [7, 11) is 0. The Bertz CT molecular complexity index is 528. The molecule has 1 aromatic heterocycles. The molecule has 0 aromatic carbocycles. The van der Waals surface area contributed by atoms with Crippen LogP contribution in [0.3, 0.4) is 0 Å². The summed E-state index contributed by atoms with van der Waals surface area (Å²) in [5, 5.41) is 3.07. The maximum Gasteiger partial charge on any atom is 0.241 e. The number of ether oxygens (including phenoxy) is 1. The molecule has 4 unspecified atom stereocenters. The lowest BCUT2D eigenvalue weighted by molar-refractivity contribution is -0.176. The summed E-state index contributed by atoms with van der Waals surface area (Å²) in [5.41, 5.74) is 5.33. The average Bonchev–Trinajstić information content (AvgIpc) is 3.13. The van der Waals surface area contributed by atoms with Gasteiger partial charge in [-0.25, -0.2) is 4.98 Å². The van der Waals surface area contributed by atoms with E-state index in [0.29, 0.717) is 6.61 Å². The minimum absolute atomic E-state index is 0.0944. The molecule has 2 fully saturated rings. The summed E-state index contributed by atoms with van der Waals surface area (Å²) in [6.07, 6.45) is 5.17. The van der Waals surface area contributed by atoms with E-state index in [0.717, 1.165) is 18.7 Å². The number of rotatable bonds is 4. The van der Waals surface area contributed by atoms with E-state index < -0.39 is 5.54 Å². The van der Waals surface area contributed by atoms with Crippen LogP contribution in [0.15, 0.2) is 12.4 Å². The molecular weight excluding hydrogens is 268 g/mol. The van der Waals surface area contributed by atoms with E-state index in [2.05, 4.69) is 15.3 Å². The van der Waals surface area contributed by atoms with Crippen LogP contribution in [-0.4, -0.2) is 34.1 Å². The van der Waals surface area contributed by atoms with Crippen molar-refractivity contribution in [3.05, 3.63) is 18.2 Å². The van der Waals surface area contributed by atoms with Gasteiger partial charge >= 0.3 is 0 Å². The lowest BCUT2D eigenvalue weighted by Crippen LogP contribution is -2.80. The SMILES string of the molecule is CCC(NC(=O)C1(N)C2CCOC2C1(C)C)c1ncc[nH]1. The third-order valence-corrected chi connectivity index (χ3v) is 5.39. The second kappa shape index (κ2) is 4.81. The van der Waals surface area contributed by atoms with Crippen molar-refractivity contribution in [2.24, 2.45) is 17.1 Å². The molecule has 0 radical (unpaired) electrons. The first kappa shape index (κ1) is 14.5. The highest BCUT2D eigenvalue weighted by Crippen LogP contribution is 2.58. The van der Waals surface area contributed by atoms with Gasteiger partial charge in [0.15, 0.2) is 0 Å². The predicted octanol–water partition coefficient (Wildman–Crippen LogP) is 1.12. The Kier molecular flexibility index (Phi) is 3.33. The number of hydrogen-bond donors (Lipinski definition) is 3. The number of aromatic nitrogens is 2. The Morgan fingerprint density at radius 2 is 2.43 bits per heavy atom. The van der Waals surface area contributed by atoms with E-state index in [1.54, 1.807) is 12.4 Å². The van der Waals surface area contributed by atoms with E-state index in [4.69, 9.17) is 10.5 Å². The zero-order chi connectivity index (χ0) is 15.3. The van der Waals surface area contributed by atoms with Gasteiger partial charge in [-0.1, -0.05) is 20.8 Å². The quantitative estimate of drug-likeness (QED) is 0.775. The minimum Gasteiger partial charge on any atom is -0.377 e. The van der Waals surface area contributed by atoms with Gasteiger partial charge in [0.25, 0.3) is 0 Å². The Labute approximate surface area is 124 Å². The third-order valence-electron chi connectivity index (χ3n) is 5.39. The maximum absolute atomic E-state index is 12.8.